The lowest BCUT2D eigenvalue weighted by Gasteiger charge is -2.37. The fourth-order valence-electron chi connectivity index (χ4n) is 2.71. The van der Waals surface area contributed by atoms with Crippen LogP contribution < -0.4 is 0 Å². The van der Waals surface area contributed by atoms with Gasteiger partial charge in [-0.3, -0.25) is 9.97 Å². The molecule has 0 saturated carbocycles. The van der Waals surface area contributed by atoms with Crippen LogP contribution in [0.25, 0.3) is 10.6 Å². The van der Waals surface area contributed by atoms with Gasteiger partial charge in [0.05, 0.1) is 10.6 Å². The van der Waals surface area contributed by atoms with Crippen LogP contribution in [0.5, 0.6) is 0 Å². The van der Waals surface area contributed by atoms with Crippen LogP contribution in [0.15, 0.2) is 65.3 Å². The average Bonchev–Trinajstić information content (AvgIpc) is 3.06. The molecule has 0 aromatic carbocycles. The standard InChI is InChI=1S/C17H15N3O2S2/c21-24(22,20-11-14(12-20)13-6-9-18-10-7-13)17-5-4-16(23-17)15-3-1-2-8-19-15/h1-10,14H,11-12H2. The maximum atomic E-state index is 12.7. The van der Waals surface area contributed by atoms with E-state index in [1.807, 2.05) is 36.4 Å². The molecule has 7 heteroatoms. The van der Waals surface area contributed by atoms with Crippen molar-refractivity contribution in [2.75, 3.05) is 13.1 Å². The molecule has 0 amide bonds. The largest absolute Gasteiger partial charge is 0.265 e. The average molecular weight is 357 g/mol. The first kappa shape index (κ1) is 15.4. The molecule has 0 atom stereocenters. The Bertz CT molecular complexity index is 934. The molecule has 0 unspecified atom stereocenters. The first-order valence-corrected chi connectivity index (χ1v) is 9.81. The summed E-state index contributed by atoms with van der Waals surface area (Å²) in [5.41, 5.74) is 1.93. The van der Waals surface area contributed by atoms with Gasteiger partial charge in [-0.15, -0.1) is 11.3 Å². The lowest BCUT2D eigenvalue weighted by atomic mass is 9.95. The highest BCUT2D eigenvalue weighted by molar-refractivity contribution is 7.91. The summed E-state index contributed by atoms with van der Waals surface area (Å²) in [4.78, 5) is 9.13. The highest BCUT2D eigenvalue weighted by atomic mass is 32.2. The van der Waals surface area contributed by atoms with E-state index in [-0.39, 0.29) is 5.92 Å². The molecule has 1 fully saturated rings. The summed E-state index contributed by atoms with van der Waals surface area (Å²) in [5, 5.41) is 0. The molecular weight excluding hydrogens is 342 g/mol. The number of sulfonamides is 1. The van der Waals surface area contributed by atoms with E-state index in [0.717, 1.165) is 16.1 Å². The Labute approximate surface area is 144 Å². The fourth-order valence-corrected chi connectivity index (χ4v) is 5.68. The number of aromatic nitrogens is 2. The number of hydrogen-bond donors (Lipinski definition) is 0. The molecule has 0 bridgehead atoms. The fraction of sp³-hybridized carbons (Fsp3) is 0.176. The second kappa shape index (κ2) is 6.08. The molecular formula is C17H15N3O2S2. The van der Waals surface area contributed by atoms with E-state index >= 15 is 0 Å². The van der Waals surface area contributed by atoms with Crippen molar-refractivity contribution in [1.82, 2.24) is 14.3 Å². The van der Waals surface area contributed by atoms with E-state index in [9.17, 15) is 8.42 Å². The van der Waals surface area contributed by atoms with Gasteiger partial charge in [-0.05, 0) is 42.0 Å². The van der Waals surface area contributed by atoms with Gasteiger partial charge in [-0.2, -0.15) is 4.31 Å². The minimum atomic E-state index is -3.42. The summed E-state index contributed by atoms with van der Waals surface area (Å²) in [7, 11) is -3.42. The normalized spacial score (nSPS) is 16.0. The first-order chi connectivity index (χ1) is 11.6. The summed E-state index contributed by atoms with van der Waals surface area (Å²) in [6.45, 7) is 1.03. The third-order valence-electron chi connectivity index (χ3n) is 4.12. The number of nitrogens with zero attached hydrogens (tertiary/aromatic N) is 3. The Hall–Kier alpha value is -2.09. The zero-order chi connectivity index (χ0) is 16.6. The molecule has 0 N–H and O–H groups in total. The predicted molar refractivity (Wildman–Crippen MR) is 93.3 cm³/mol. The second-order valence-electron chi connectivity index (χ2n) is 5.63. The predicted octanol–water partition coefficient (Wildman–Crippen LogP) is 2.99. The maximum absolute atomic E-state index is 12.7. The smallest absolute Gasteiger partial charge is 0.252 e. The van der Waals surface area contributed by atoms with Crippen LogP contribution >= 0.6 is 11.3 Å². The van der Waals surface area contributed by atoms with Gasteiger partial charge in [-0.1, -0.05) is 6.07 Å². The molecule has 5 nitrogen and oxygen atoms in total. The third-order valence-corrected chi connectivity index (χ3v) is 7.53. The number of pyridine rings is 2. The highest BCUT2D eigenvalue weighted by Crippen LogP contribution is 2.36. The number of hydrogen-bond acceptors (Lipinski definition) is 5. The van der Waals surface area contributed by atoms with Gasteiger partial charge < -0.3 is 0 Å². The van der Waals surface area contributed by atoms with Crippen LogP contribution in [0.1, 0.15) is 11.5 Å². The van der Waals surface area contributed by atoms with Gasteiger partial charge in [0.1, 0.15) is 4.21 Å². The monoisotopic (exact) mass is 357 g/mol. The molecule has 0 radical (unpaired) electrons. The Morgan fingerprint density at radius 1 is 1.00 bits per heavy atom. The molecule has 24 heavy (non-hydrogen) atoms. The second-order valence-corrected chi connectivity index (χ2v) is 8.88. The van der Waals surface area contributed by atoms with E-state index in [4.69, 9.17) is 0 Å². The Morgan fingerprint density at radius 3 is 2.50 bits per heavy atom. The van der Waals surface area contributed by atoms with Crippen molar-refractivity contribution in [1.29, 1.82) is 0 Å². The molecule has 0 spiro atoms. The van der Waals surface area contributed by atoms with E-state index in [0.29, 0.717) is 17.3 Å². The molecule has 1 aliphatic heterocycles. The minimum Gasteiger partial charge on any atom is -0.265 e. The van der Waals surface area contributed by atoms with Gasteiger partial charge >= 0.3 is 0 Å². The first-order valence-electron chi connectivity index (χ1n) is 7.56. The molecule has 1 aliphatic rings. The highest BCUT2D eigenvalue weighted by Gasteiger charge is 2.38. The van der Waals surface area contributed by atoms with E-state index in [1.165, 1.54) is 15.6 Å². The van der Waals surface area contributed by atoms with Crippen LogP contribution in [-0.4, -0.2) is 35.8 Å². The summed E-state index contributed by atoms with van der Waals surface area (Å²) < 4.78 is 27.4. The molecule has 4 rings (SSSR count). The molecule has 3 aromatic rings. The molecule has 3 aromatic heterocycles. The minimum absolute atomic E-state index is 0.248. The van der Waals surface area contributed by atoms with Crippen molar-refractivity contribution >= 4 is 21.4 Å². The van der Waals surface area contributed by atoms with Crippen molar-refractivity contribution in [2.24, 2.45) is 0 Å². The zero-order valence-corrected chi connectivity index (χ0v) is 14.4. The van der Waals surface area contributed by atoms with Gasteiger partial charge in [0, 0.05) is 37.6 Å². The van der Waals surface area contributed by atoms with E-state index < -0.39 is 10.0 Å². The van der Waals surface area contributed by atoms with Crippen molar-refractivity contribution < 1.29 is 8.42 Å². The van der Waals surface area contributed by atoms with Crippen molar-refractivity contribution in [3.8, 4) is 10.6 Å². The topological polar surface area (TPSA) is 63.2 Å². The van der Waals surface area contributed by atoms with Crippen LogP contribution in [0.4, 0.5) is 0 Å². The zero-order valence-electron chi connectivity index (χ0n) is 12.7. The molecule has 4 heterocycles. The van der Waals surface area contributed by atoms with Crippen molar-refractivity contribution in [3.63, 3.8) is 0 Å². The van der Waals surface area contributed by atoms with Gasteiger partial charge in [0.15, 0.2) is 0 Å². The van der Waals surface area contributed by atoms with Gasteiger partial charge in [0.25, 0.3) is 10.0 Å². The lowest BCUT2D eigenvalue weighted by molar-refractivity contribution is 0.264. The van der Waals surface area contributed by atoms with Crippen LogP contribution in [0, 0.1) is 0 Å². The SMILES string of the molecule is O=S(=O)(c1ccc(-c2ccccn2)s1)N1CC(c2ccncc2)C1. The molecule has 1 saturated heterocycles. The summed E-state index contributed by atoms with van der Waals surface area (Å²) in [6, 6.07) is 13.0. The van der Waals surface area contributed by atoms with E-state index in [1.54, 1.807) is 24.7 Å². The Kier molecular flexibility index (Phi) is 3.91. The van der Waals surface area contributed by atoms with Crippen LogP contribution in [0.2, 0.25) is 0 Å². The lowest BCUT2D eigenvalue weighted by Crippen LogP contribution is -2.48. The molecule has 122 valence electrons. The number of thiophene rings is 1. The summed E-state index contributed by atoms with van der Waals surface area (Å²) in [5.74, 6) is 0.248. The van der Waals surface area contributed by atoms with Gasteiger partial charge in [-0.25, -0.2) is 8.42 Å². The van der Waals surface area contributed by atoms with Gasteiger partial charge in [0.2, 0.25) is 0 Å². The van der Waals surface area contributed by atoms with E-state index in [2.05, 4.69) is 9.97 Å². The number of rotatable bonds is 4. The van der Waals surface area contributed by atoms with Crippen LogP contribution in [0.3, 0.4) is 0 Å². The summed E-state index contributed by atoms with van der Waals surface area (Å²) >= 11 is 1.27. The van der Waals surface area contributed by atoms with Crippen LogP contribution in [-0.2, 0) is 10.0 Å². The molecule has 0 aliphatic carbocycles. The van der Waals surface area contributed by atoms with Crippen molar-refractivity contribution in [2.45, 2.75) is 10.1 Å². The third kappa shape index (κ3) is 2.75. The Balaban J connectivity index is 1.52. The van der Waals surface area contributed by atoms with Crippen molar-refractivity contribution in [3.05, 3.63) is 66.6 Å². The Morgan fingerprint density at radius 2 is 1.79 bits per heavy atom. The summed E-state index contributed by atoms with van der Waals surface area (Å²) in [6.07, 6.45) is 5.19. The quantitative estimate of drug-likeness (QED) is 0.720. The maximum Gasteiger partial charge on any atom is 0.252 e.